The first-order valence-corrected chi connectivity index (χ1v) is 12.1. The fourth-order valence-electron chi connectivity index (χ4n) is 2.03. The highest BCUT2D eigenvalue weighted by molar-refractivity contribution is 7.22. The molecule has 0 aliphatic carbocycles. The molecule has 0 amide bonds. The van der Waals surface area contributed by atoms with E-state index in [1.165, 1.54) is 4.88 Å². The van der Waals surface area contributed by atoms with Crippen molar-refractivity contribution in [3.8, 4) is 0 Å². The van der Waals surface area contributed by atoms with Crippen LogP contribution in [0.3, 0.4) is 0 Å². The van der Waals surface area contributed by atoms with Gasteiger partial charge in [-0.15, -0.1) is 11.3 Å². The number of hydrogen-bond acceptors (Lipinski definition) is 4. The van der Waals surface area contributed by atoms with Crippen LogP contribution in [0.1, 0.15) is 53.3 Å². The summed E-state index contributed by atoms with van der Waals surface area (Å²) in [5.41, 5.74) is -0.584. The van der Waals surface area contributed by atoms with Crippen molar-refractivity contribution in [3.05, 3.63) is 17.0 Å². The molecule has 23 heavy (non-hydrogen) atoms. The van der Waals surface area contributed by atoms with E-state index in [9.17, 15) is 0 Å². The summed E-state index contributed by atoms with van der Waals surface area (Å²) < 4.78 is 19.7. The summed E-state index contributed by atoms with van der Waals surface area (Å²) in [5, 5.41) is 0.235. The first-order chi connectivity index (χ1) is 10.3. The Kier molecular flexibility index (Phi) is 5.00. The molecule has 1 saturated heterocycles. The smallest absolute Gasteiger partial charge is 0.412 e. The molecular weight excluding hydrogens is 323 g/mol. The lowest BCUT2D eigenvalue weighted by atomic mass is 9.88. The van der Waals surface area contributed by atoms with Gasteiger partial charge in [-0.1, -0.05) is 26.8 Å². The molecule has 3 nitrogen and oxygen atoms in total. The van der Waals surface area contributed by atoms with E-state index < -0.39 is 8.32 Å². The van der Waals surface area contributed by atoms with Crippen molar-refractivity contribution in [2.24, 2.45) is 0 Å². The van der Waals surface area contributed by atoms with E-state index in [0.29, 0.717) is 6.61 Å². The fraction of sp³-hybridized carbons (Fsp3) is 0.765. The molecule has 0 unspecified atom stereocenters. The Morgan fingerprint density at radius 1 is 1.09 bits per heavy atom. The molecule has 0 radical (unpaired) electrons. The summed E-state index contributed by atoms with van der Waals surface area (Å²) in [4.78, 5) is 1.24. The van der Waals surface area contributed by atoms with Gasteiger partial charge in [0, 0.05) is 9.65 Å². The molecule has 0 aromatic carbocycles. The van der Waals surface area contributed by atoms with E-state index in [0.717, 1.165) is 4.78 Å². The minimum atomic E-state index is -1.71. The van der Waals surface area contributed by atoms with Crippen LogP contribution < -0.4 is 4.78 Å². The second-order valence-corrected chi connectivity index (χ2v) is 15.0. The van der Waals surface area contributed by atoms with E-state index in [2.05, 4.69) is 73.7 Å². The van der Waals surface area contributed by atoms with Crippen LogP contribution in [0.25, 0.3) is 0 Å². The van der Waals surface area contributed by atoms with Crippen molar-refractivity contribution in [1.82, 2.24) is 0 Å². The van der Waals surface area contributed by atoms with Crippen LogP contribution in [0.2, 0.25) is 18.1 Å². The summed E-state index contributed by atoms with van der Waals surface area (Å²) in [6.07, 6.45) is 0. The topological polar surface area (TPSA) is 27.7 Å². The van der Waals surface area contributed by atoms with Gasteiger partial charge in [-0.25, -0.2) is 0 Å². The molecule has 1 aliphatic rings. The monoisotopic (exact) mass is 354 g/mol. The average Bonchev–Trinajstić information content (AvgIpc) is 2.89. The van der Waals surface area contributed by atoms with Crippen LogP contribution in [0.15, 0.2) is 12.1 Å². The van der Waals surface area contributed by atoms with Crippen LogP contribution in [0, 0.1) is 0 Å². The highest BCUT2D eigenvalue weighted by Gasteiger charge is 2.52. The van der Waals surface area contributed by atoms with E-state index in [-0.39, 0.29) is 23.4 Å². The lowest BCUT2D eigenvalue weighted by molar-refractivity contribution is 0.00578. The van der Waals surface area contributed by atoms with Crippen molar-refractivity contribution in [3.63, 3.8) is 0 Å². The fourth-order valence-corrected chi connectivity index (χ4v) is 3.97. The van der Waals surface area contributed by atoms with Crippen LogP contribution >= 0.6 is 11.3 Å². The quantitative estimate of drug-likeness (QED) is 0.742. The third-order valence-corrected chi connectivity index (χ3v) is 11.1. The third kappa shape index (κ3) is 3.93. The molecular formula is C17H31BO3SSi. The minimum absolute atomic E-state index is 0.235. The Bertz CT molecular complexity index is 544. The molecule has 1 aromatic heterocycles. The maximum absolute atomic E-state index is 6.31. The Morgan fingerprint density at radius 3 is 2.09 bits per heavy atom. The maximum atomic E-state index is 6.31. The van der Waals surface area contributed by atoms with Crippen molar-refractivity contribution in [1.29, 1.82) is 0 Å². The van der Waals surface area contributed by atoms with E-state index in [4.69, 9.17) is 13.7 Å². The number of thiophene rings is 1. The SMILES string of the molecule is CC1(C)OB(c2ccc(CO[Si](C)(C)C(C)(C)C)s2)OC1(C)C. The van der Waals surface area contributed by atoms with Crippen LogP contribution in [0.5, 0.6) is 0 Å². The van der Waals surface area contributed by atoms with Gasteiger partial charge in [0.2, 0.25) is 0 Å². The molecule has 1 fully saturated rings. The lowest BCUT2D eigenvalue weighted by Gasteiger charge is -2.36. The van der Waals surface area contributed by atoms with Crippen LogP contribution in [-0.4, -0.2) is 26.6 Å². The van der Waals surface area contributed by atoms with Gasteiger partial charge in [0.05, 0.1) is 17.8 Å². The van der Waals surface area contributed by atoms with Crippen molar-refractivity contribution < 1.29 is 13.7 Å². The van der Waals surface area contributed by atoms with Gasteiger partial charge in [-0.2, -0.15) is 0 Å². The second-order valence-electron chi connectivity index (χ2n) is 8.94. The van der Waals surface area contributed by atoms with Gasteiger partial charge in [-0.3, -0.25) is 0 Å². The van der Waals surface area contributed by atoms with Gasteiger partial charge in [0.15, 0.2) is 8.32 Å². The Morgan fingerprint density at radius 2 is 1.61 bits per heavy atom. The van der Waals surface area contributed by atoms with E-state index in [1.807, 2.05) is 0 Å². The second kappa shape index (κ2) is 5.99. The predicted molar refractivity (Wildman–Crippen MR) is 102 cm³/mol. The van der Waals surface area contributed by atoms with Gasteiger partial charge >= 0.3 is 7.12 Å². The molecule has 0 spiro atoms. The van der Waals surface area contributed by atoms with E-state index >= 15 is 0 Å². The summed E-state index contributed by atoms with van der Waals surface area (Å²) in [7, 11) is -1.98. The first-order valence-electron chi connectivity index (χ1n) is 8.33. The highest BCUT2D eigenvalue weighted by atomic mass is 32.1. The zero-order chi connectivity index (χ0) is 17.7. The Hall–Kier alpha value is -0.138. The molecule has 1 aliphatic heterocycles. The summed E-state index contributed by atoms with van der Waals surface area (Å²) in [6, 6.07) is 4.25. The van der Waals surface area contributed by atoms with Crippen molar-refractivity contribution >= 4 is 31.5 Å². The average molecular weight is 354 g/mol. The lowest BCUT2D eigenvalue weighted by Crippen LogP contribution is -2.41. The summed E-state index contributed by atoms with van der Waals surface area (Å²) in [5.74, 6) is 0. The van der Waals surface area contributed by atoms with Crippen molar-refractivity contribution in [2.45, 2.75) is 84.4 Å². The molecule has 2 rings (SSSR count). The van der Waals surface area contributed by atoms with Crippen LogP contribution in [-0.2, 0) is 20.3 Å². The van der Waals surface area contributed by atoms with Gasteiger partial charge in [0.1, 0.15) is 0 Å². The van der Waals surface area contributed by atoms with Gasteiger partial charge in [0.25, 0.3) is 0 Å². The normalized spacial score (nSPS) is 21.0. The number of hydrogen-bond donors (Lipinski definition) is 0. The largest absolute Gasteiger partial charge is 0.505 e. The molecule has 130 valence electrons. The molecule has 0 N–H and O–H groups in total. The standard InChI is InChI=1S/C17H31BO3SSi/c1-15(2,3)23(8,9)19-12-13-10-11-14(22-13)18-20-16(4,5)17(6,7)21-18/h10-11H,12H2,1-9H3. The van der Waals surface area contributed by atoms with Crippen LogP contribution in [0.4, 0.5) is 0 Å². The van der Waals surface area contributed by atoms with Crippen molar-refractivity contribution in [2.75, 3.05) is 0 Å². The zero-order valence-electron chi connectivity index (χ0n) is 16.1. The number of rotatable bonds is 4. The molecule has 0 atom stereocenters. The summed E-state index contributed by atoms with van der Waals surface area (Å²) in [6.45, 7) is 20.4. The van der Waals surface area contributed by atoms with Gasteiger partial charge in [-0.05, 0) is 51.9 Å². The van der Waals surface area contributed by atoms with Gasteiger partial charge < -0.3 is 13.7 Å². The Labute approximate surface area is 147 Å². The molecule has 2 heterocycles. The molecule has 6 heteroatoms. The molecule has 1 aromatic rings. The third-order valence-electron chi connectivity index (χ3n) is 5.55. The molecule has 0 saturated carbocycles. The maximum Gasteiger partial charge on any atom is 0.505 e. The molecule has 0 bridgehead atoms. The first kappa shape index (κ1) is 19.2. The highest BCUT2D eigenvalue weighted by Crippen LogP contribution is 2.38. The zero-order valence-corrected chi connectivity index (χ0v) is 17.9. The summed E-state index contributed by atoms with van der Waals surface area (Å²) >= 11 is 1.73. The Balaban J connectivity index is 2.03. The van der Waals surface area contributed by atoms with E-state index in [1.54, 1.807) is 11.3 Å². The minimum Gasteiger partial charge on any atom is -0.412 e. The predicted octanol–water partition coefficient (Wildman–Crippen LogP) is 4.57.